The Morgan fingerprint density at radius 1 is 1.28 bits per heavy atom. The van der Waals surface area contributed by atoms with Crippen LogP contribution in [0.15, 0.2) is 35.2 Å². The molecular weight excluding hydrogens is 244 g/mol. The Labute approximate surface area is 111 Å². The van der Waals surface area contributed by atoms with Crippen molar-refractivity contribution >= 4 is 22.9 Å². The average molecular weight is 260 g/mol. The van der Waals surface area contributed by atoms with Crippen LogP contribution in [0.1, 0.15) is 35.8 Å². The maximum atomic E-state index is 12.1. The van der Waals surface area contributed by atoms with Gasteiger partial charge in [-0.25, -0.2) is 4.98 Å². The molecule has 0 radical (unpaired) electrons. The fraction of sp³-hybridized carbons (Fsp3) is 0.286. The van der Waals surface area contributed by atoms with Gasteiger partial charge in [-0.3, -0.25) is 4.79 Å². The van der Waals surface area contributed by atoms with Crippen LogP contribution >= 0.6 is 11.3 Å². The van der Waals surface area contributed by atoms with Crippen LogP contribution in [0.25, 0.3) is 0 Å². The Balaban J connectivity index is 2.18. The molecule has 0 fully saturated rings. The van der Waals surface area contributed by atoms with Crippen LogP contribution in [-0.2, 0) is 0 Å². The zero-order valence-corrected chi connectivity index (χ0v) is 11.6. The second kappa shape index (κ2) is 5.31. The first kappa shape index (κ1) is 12.8. The second-order valence-corrected chi connectivity index (χ2v) is 5.20. The van der Waals surface area contributed by atoms with Gasteiger partial charge in [-0.1, -0.05) is 26.0 Å². The summed E-state index contributed by atoms with van der Waals surface area (Å²) in [4.78, 5) is 17.8. The summed E-state index contributed by atoms with van der Waals surface area (Å²) in [5.41, 5.74) is 4.32. The third-order valence-electron chi connectivity index (χ3n) is 2.90. The third kappa shape index (κ3) is 2.59. The monoisotopic (exact) mass is 260 g/mol. The number of benzene rings is 1. The molecule has 1 aromatic carbocycles. The Bertz CT molecular complexity index is 517. The van der Waals surface area contributed by atoms with Crippen LogP contribution in [0.2, 0.25) is 0 Å². The van der Waals surface area contributed by atoms with Crippen molar-refractivity contribution in [2.24, 2.45) is 0 Å². The molecule has 1 aromatic heterocycles. The molecule has 3 nitrogen and oxygen atoms in total. The highest BCUT2D eigenvalue weighted by atomic mass is 32.1. The van der Waals surface area contributed by atoms with Crippen molar-refractivity contribution in [3.63, 3.8) is 0 Å². The molecular formula is C14H16N2OS. The normalized spacial score (nSPS) is 10.7. The van der Waals surface area contributed by atoms with Gasteiger partial charge in [0.1, 0.15) is 5.69 Å². The van der Waals surface area contributed by atoms with Gasteiger partial charge in [0.25, 0.3) is 5.91 Å². The lowest BCUT2D eigenvalue weighted by molar-refractivity contribution is 0.0989. The number of carbonyl (C=O) groups is 1. The van der Waals surface area contributed by atoms with Crippen molar-refractivity contribution in [1.29, 1.82) is 0 Å². The smallest absolute Gasteiger partial charge is 0.277 e. The number of hydrogen-bond donors (Lipinski definition) is 0. The summed E-state index contributed by atoms with van der Waals surface area (Å²) >= 11 is 1.43. The van der Waals surface area contributed by atoms with Crippen molar-refractivity contribution in [3.05, 3.63) is 46.4 Å². The van der Waals surface area contributed by atoms with Crippen molar-refractivity contribution in [2.75, 3.05) is 11.9 Å². The van der Waals surface area contributed by atoms with E-state index in [-0.39, 0.29) is 5.91 Å². The largest absolute Gasteiger partial charge is 0.310 e. The van der Waals surface area contributed by atoms with Crippen LogP contribution in [0, 0.1) is 0 Å². The summed E-state index contributed by atoms with van der Waals surface area (Å²) in [5, 5.41) is 1.77. The minimum Gasteiger partial charge on any atom is -0.310 e. The van der Waals surface area contributed by atoms with E-state index in [1.807, 2.05) is 12.1 Å². The van der Waals surface area contributed by atoms with Crippen molar-refractivity contribution in [1.82, 2.24) is 4.98 Å². The van der Waals surface area contributed by atoms with E-state index in [2.05, 4.69) is 31.0 Å². The summed E-state index contributed by atoms with van der Waals surface area (Å²) in [7, 11) is 1.77. The van der Waals surface area contributed by atoms with Crippen LogP contribution in [-0.4, -0.2) is 17.9 Å². The van der Waals surface area contributed by atoms with Crippen molar-refractivity contribution < 1.29 is 4.79 Å². The third-order valence-corrected chi connectivity index (χ3v) is 3.49. The molecule has 1 amide bonds. The predicted molar refractivity (Wildman–Crippen MR) is 75.4 cm³/mol. The van der Waals surface area contributed by atoms with Crippen LogP contribution in [0.5, 0.6) is 0 Å². The molecule has 0 atom stereocenters. The fourth-order valence-corrected chi connectivity index (χ4v) is 2.22. The Morgan fingerprint density at radius 3 is 2.44 bits per heavy atom. The van der Waals surface area contributed by atoms with Gasteiger partial charge in [-0.05, 0) is 23.6 Å². The molecule has 4 heteroatoms. The molecule has 1 heterocycles. The highest BCUT2D eigenvalue weighted by molar-refractivity contribution is 7.07. The maximum absolute atomic E-state index is 12.1. The van der Waals surface area contributed by atoms with Crippen molar-refractivity contribution in [2.45, 2.75) is 19.8 Å². The SMILES string of the molecule is CC(C)c1ccc(N(C)C(=O)c2cscn2)cc1. The van der Waals surface area contributed by atoms with Gasteiger partial charge in [0.2, 0.25) is 0 Å². The summed E-state index contributed by atoms with van der Waals surface area (Å²) in [6.45, 7) is 4.30. The first-order valence-corrected chi connectivity index (χ1v) is 6.80. The number of aromatic nitrogens is 1. The number of nitrogens with zero attached hydrogens (tertiary/aromatic N) is 2. The molecule has 18 heavy (non-hydrogen) atoms. The van der Waals surface area contributed by atoms with E-state index in [1.54, 1.807) is 22.8 Å². The molecule has 0 spiro atoms. The molecule has 2 rings (SSSR count). The number of carbonyl (C=O) groups excluding carboxylic acids is 1. The van der Waals surface area contributed by atoms with Crippen molar-refractivity contribution in [3.8, 4) is 0 Å². The molecule has 0 aliphatic rings. The van der Waals surface area contributed by atoms with E-state index in [0.29, 0.717) is 11.6 Å². The highest BCUT2D eigenvalue weighted by Gasteiger charge is 2.15. The summed E-state index contributed by atoms with van der Waals surface area (Å²) in [6.07, 6.45) is 0. The molecule has 94 valence electrons. The average Bonchev–Trinajstić information content (AvgIpc) is 2.91. The number of anilines is 1. The van der Waals surface area contributed by atoms with E-state index in [0.717, 1.165) is 5.69 Å². The van der Waals surface area contributed by atoms with Gasteiger partial charge < -0.3 is 4.90 Å². The lowest BCUT2D eigenvalue weighted by atomic mass is 10.0. The van der Waals surface area contributed by atoms with Gasteiger partial charge in [0.15, 0.2) is 0 Å². The summed E-state index contributed by atoms with van der Waals surface area (Å²) < 4.78 is 0. The zero-order valence-electron chi connectivity index (χ0n) is 10.8. The fourth-order valence-electron chi connectivity index (χ4n) is 1.69. The first-order chi connectivity index (χ1) is 8.59. The van der Waals surface area contributed by atoms with E-state index < -0.39 is 0 Å². The van der Waals surface area contributed by atoms with Gasteiger partial charge >= 0.3 is 0 Å². The van der Waals surface area contributed by atoms with Crippen LogP contribution < -0.4 is 4.90 Å². The van der Waals surface area contributed by atoms with E-state index >= 15 is 0 Å². The summed E-state index contributed by atoms with van der Waals surface area (Å²) in [6, 6.07) is 8.06. The van der Waals surface area contributed by atoms with Gasteiger partial charge in [0.05, 0.1) is 5.51 Å². The van der Waals surface area contributed by atoms with Gasteiger partial charge in [-0.15, -0.1) is 11.3 Å². The molecule has 0 saturated carbocycles. The van der Waals surface area contributed by atoms with E-state index in [9.17, 15) is 4.79 Å². The van der Waals surface area contributed by atoms with E-state index in [4.69, 9.17) is 0 Å². The summed E-state index contributed by atoms with van der Waals surface area (Å²) in [5.74, 6) is 0.423. The lowest BCUT2D eigenvalue weighted by Crippen LogP contribution is -2.26. The standard InChI is InChI=1S/C14H16N2OS/c1-10(2)11-4-6-12(7-5-11)16(3)14(17)13-8-18-9-15-13/h4-10H,1-3H3. The quantitative estimate of drug-likeness (QED) is 0.845. The second-order valence-electron chi connectivity index (χ2n) is 4.48. The topological polar surface area (TPSA) is 33.2 Å². The Hall–Kier alpha value is -1.68. The first-order valence-electron chi connectivity index (χ1n) is 5.86. The molecule has 0 unspecified atom stereocenters. The minimum absolute atomic E-state index is 0.0754. The van der Waals surface area contributed by atoms with Crippen LogP contribution in [0.4, 0.5) is 5.69 Å². The zero-order chi connectivity index (χ0) is 13.1. The van der Waals surface area contributed by atoms with Gasteiger partial charge in [0, 0.05) is 18.1 Å². The number of thiazole rings is 1. The van der Waals surface area contributed by atoms with E-state index in [1.165, 1.54) is 16.9 Å². The molecule has 2 aromatic rings. The minimum atomic E-state index is -0.0754. The lowest BCUT2D eigenvalue weighted by Gasteiger charge is -2.17. The number of rotatable bonds is 3. The number of hydrogen-bond acceptors (Lipinski definition) is 3. The molecule has 0 aliphatic carbocycles. The van der Waals surface area contributed by atoms with Crippen LogP contribution in [0.3, 0.4) is 0 Å². The molecule has 0 N–H and O–H groups in total. The highest BCUT2D eigenvalue weighted by Crippen LogP contribution is 2.20. The number of amides is 1. The molecule has 0 saturated heterocycles. The molecule has 0 aliphatic heterocycles. The molecule has 0 bridgehead atoms. The Morgan fingerprint density at radius 2 is 1.94 bits per heavy atom. The predicted octanol–water partition coefficient (Wildman–Crippen LogP) is 3.54. The maximum Gasteiger partial charge on any atom is 0.277 e. The van der Waals surface area contributed by atoms with Gasteiger partial charge in [-0.2, -0.15) is 0 Å². The Kier molecular flexibility index (Phi) is 3.77.